The molecule has 4 saturated carbocycles. The third-order valence-corrected chi connectivity index (χ3v) is 12.1. The molecule has 0 aromatic carbocycles. The standard InChI is InChI=1S/C30H45N3O9/c1-16-25(36)22(34)12-24(41-16)42-18-3-8-28(15-32-33-26(31)37)20-4-7-27(2)19(17-11-23(35)40-14-17)6-10-30(27,39)21(20)5-9-29(28,38)13-18/h11,15-16,18-22,24-25,34,36,38-39H,3-10,12-14H2,1-2H3,(H3,31,33,37)/t16?,18-,19+,20-,21+,22?,24?,25?,27+,28-,29-,30-/m0/s1. The molecule has 7 N–H and O–H groups in total. The van der Waals surface area contributed by atoms with Crippen molar-refractivity contribution in [2.24, 2.45) is 39.4 Å². The van der Waals surface area contributed by atoms with E-state index in [2.05, 4.69) is 17.5 Å². The van der Waals surface area contributed by atoms with Crippen molar-refractivity contribution in [1.82, 2.24) is 5.43 Å². The molecule has 2 amide bonds. The molecule has 4 aliphatic carbocycles. The molecule has 12 atom stereocenters. The average Bonchev–Trinajstić information content (AvgIpc) is 3.46. The van der Waals surface area contributed by atoms with Gasteiger partial charge in [-0.25, -0.2) is 15.0 Å². The highest BCUT2D eigenvalue weighted by Crippen LogP contribution is 2.70. The van der Waals surface area contributed by atoms with Gasteiger partial charge in [0.15, 0.2) is 6.29 Å². The van der Waals surface area contributed by atoms with Crippen LogP contribution in [0.2, 0.25) is 0 Å². The topological polar surface area (TPSA) is 193 Å². The lowest BCUT2D eigenvalue weighted by Crippen LogP contribution is -2.69. The minimum Gasteiger partial charge on any atom is -0.458 e. The van der Waals surface area contributed by atoms with E-state index in [1.54, 1.807) is 19.2 Å². The molecule has 0 radical (unpaired) electrons. The number of fused-ring (bicyclic) bond motifs is 5. The number of cyclic esters (lactones) is 1. The van der Waals surface area contributed by atoms with Gasteiger partial charge in [0.1, 0.15) is 12.7 Å². The first-order chi connectivity index (χ1) is 19.8. The van der Waals surface area contributed by atoms with Crippen LogP contribution in [0, 0.1) is 28.6 Å². The maximum Gasteiger partial charge on any atom is 0.332 e. The van der Waals surface area contributed by atoms with Crippen LogP contribution < -0.4 is 11.2 Å². The number of nitrogens with two attached hydrogens (primary N) is 1. The van der Waals surface area contributed by atoms with Gasteiger partial charge in [-0.1, -0.05) is 6.92 Å². The van der Waals surface area contributed by atoms with Crippen molar-refractivity contribution < 1.29 is 44.2 Å². The summed E-state index contributed by atoms with van der Waals surface area (Å²) in [7, 11) is 0. The highest BCUT2D eigenvalue weighted by Gasteiger charge is 2.71. The predicted octanol–water partition coefficient (Wildman–Crippen LogP) is 1.23. The maximum absolute atomic E-state index is 12.5. The van der Waals surface area contributed by atoms with Crippen molar-refractivity contribution >= 4 is 18.2 Å². The number of hydrogen-bond donors (Lipinski definition) is 6. The van der Waals surface area contributed by atoms with Crippen molar-refractivity contribution in [3.8, 4) is 0 Å². The number of carbonyl (C=O) groups excluding carboxylic acids is 2. The summed E-state index contributed by atoms with van der Waals surface area (Å²) in [6.45, 7) is 4.11. The summed E-state index contributed by atoms with van der Waals surface area (Å²) in [5.41, 5.74) is 5.09. The number of hydrazone groups is 1. The number of aliphatic hydroxyl groups is 4. The van der Waals surface area contributed by atoms with E-state index in [4.69, 9.17) is 19.9 Å². The molecule has 12 heteroatoms. The van der Waals surface area contributed by atoms with Crippen LogP contribution in [0.25, 0.3) is 0 Å². The minimum atomic E-state index is -1.23. The Balaban J connectivity index is 1.27. The van der Waals surface area contributed by atoms with E-state index in [0.29, 0.717) is 44.9 Å². The molecule has 2 heterocycles. The number of hydrogen-bond acceptors (Lipinski definition) is 10. The molecule has 0 spiro atoms. The summed E-state index contributed by atoms with van der Waals surface area (Å²) in [5, 5.41) is 49.5. The minimum absolute atomic E-state index is 0.0488. The summed E-state index contributed by atoms with van der Waals surface area (Å²) < 4.78 is 17.3. The van der Waals surface area contributed by atoms with E-state index in [-0.39, 0.29) is 42.9 Å². The van der Waals surface area contributed by atoms with Gasteiger partial charge in [0.2, 0.25) is 0 Å². The van der Waals surface area contributed by atoms with Gasteiger partial charge in [0.25, 0.3) is 0 Å². The summed E-state index contributed by atoms with van der Waals surface area (Å²) >= 11 is 0. The third-order valence-electron chi connectivity index (χ3n) is 12.1. The number of esters is 1. The molecular weight excluding hydrogens is 546 g/mol. The van der Waals surface area contributed by atoms with Gasteiger partial charge in [-0.05, 0) is 81.6 Å². The molecule has 0 bridgehead atoms. The number of carbonyl (C=O) groups is 2. The Hall–Kier alpha value is -2.09. The fourth-order valence-corrected chi connectivity index (χ4v) is 10.00. The quantitative estimate of drug-likeness (QED) is 0.118. The first-order valence-electron chi connectivity index (χ1n) is 15.4. The Labute approximate surface area is 245 Å². The molecule has 234 valence electrons. The number of rotatable bonds is 5. The molecular formula is C30H45N3O9. The highest BCUT2D eigenvalue weighted by molar-refractivity contribution is 5.85. The first kappa shape index (κ1) is 30.0. The second-order valence-corrected chi connectivity index (χ2v) is 13.9. The lowest BCUT2D eigenvalue weighted by molar-refractivity contribution is -0.282. The number of nitrogens with one attached hydrogen (secondary N) is 1. The van der Waals surface area contributed by atoms with Crippen molar-refractivity contribution in [3.63, 3.8) is 0 Å². The van der Waals surface area contributed by atoms with Gasteiger partial charge in [-0.3, -0.25) is 0 Å². The van der Waals surface area contributed by atoms with Crippen molar-refractivity contribution in [3.05, 3.63) is 11.6 Å². The highest BCUT2D eigenvalue weighted by atomic mass is 16.7. The zero-order valence-electron chi connectivity index (χ0n) is 24.4. The van der Waals surface area contributed by atoms with Crippen molar-refractivity contribution in [1.29, 1.82) is 0 Å². The average molecular weight is 592 g/mol. The van der Waals surface area contributed by atoms with Crippen LogP contribution in [0.5, 0.6) is 0 Å². The molecule has 1 saturated heterocycles. The van der Waals surface area contributed by atoms with Gasteiger partial charge in [-0.2, -0.15) is 5.10 Å². The van der Waals surface area contributed by atoms with Gasteiger partial charge in [0, 0.05) is 36.0 Å². The molecule has 4 unspecified atom stereocenters. The number of amides is 2. The fourth-order valence-electron chi connectivity index (χ4n) is 10.00. The van der Waals surface area contributed by atoms with Gasteiger partial charge in [0.05, 0.1) is 29.5 Å². The second kappa shape index (κ2) is 10.5. The molecule has 0 aromatic heterocycles. The smallest absolute Gasteiger partial charge is 0.332 e. The molecule has 42 heavy (non-hydrogen) atoms. The van der Waals surface area contributed by atoms with Gasteiger partial charge >= 0.3 is 12.0 Å². The van der Waals surface area contributed by atoms with Gasteiger partial charge in [-0.15, -0.1) is 0 Å². The van der Waals surface area contributed by atoms with Crippen molar-refractivity contribution in [2.45, 2.75) is 120 Å². The second-order valence-electron chi connectivity index (χ2n) is 13.9. The number of nitrogens with zero attached hydrogens (tertiary/aromatic N) is 1. The van der Waals surface area contributed by atoms with Crippen LogP contribution in [-0.2, 0) is 19.0 Å². The van der Waals surface area contributed by atoms with E-state index in [9.17, 15) is 30.0 Å². The molecule has 2 aliphatic heterocycles. The third kappa shape index (κ3) is 4.52. The summed E-state index contributed by atoms with van der Waals surface area (Å²) in [5.74, 6) is -0.495. The van der Waals surface area contributed by atoms with E-state index in [1.807, 2.05) is 0 Å². The number of ether oxygens (including phenoxy) is 3. The molecule has 5 fully saturated rings. The van der Waals surface area contributed by atoms with E-state index in [1.165, 1.54) is 0 Å². The summed E-state index contributed by atoms with van der Waals surface area (Å²) in [6.07, 6.45) is 5.06. The lowest BCUT2D eigenvalue weighted by atomic mass is 9.41. The zero-order valence-corrected chi connectivity index (χ0v) is 24.4. The van der Waals surface area contributed by atoms with E-state index < -0.39 is 52.7 Å². The van der Waals surface area contributed by atoms with Crippen LogP contribution in [0.3, 0.4) is 0 Å². The number of urea groups is 1. The maximum atomic E-state index is 12.5. The van der Waals surface area contributed by atoms with Crippen LogP contribution in [-0.4, -0.2) is 87.2 Å². The largest absolute Gasteiger partial charge is 0.458 e. The summed E-state index contributed by atoms with van der Waals surface area (Å²) in [6, 6.07) is -0.796. The Morgan fingerprint density at radius 1 is 1.14 bits per heavy atom. The zero-order chi connectivity index (χ0) is 30.1. The van der Waals surface area contributed by atoms with E-state index in [0.717, 1.165) is 18.4 Å². The van der Waals surface area contributed by atoms with E-state index >= 15 is 0 Å². The molecule has 6 rings (SSSR count). The van der Waals surface area contributed by atoms with Crippen LogP contribution in [0.4, 0.5) is 4.79 Å². The normalized spacial score (nSPS) is 50.4. The SMILES string of the molecule is CC1OC(O[C@H]2CC[C@]3(C=NNC(N)=O)[C@H]4CC[C@]5(C)[C@@H](C6=CC(=O)OC6)CC[C@]5(O)[C@@H]4CC[C@]3(O)C2)CC(O)C1O. The Bertz CT molecular complexity index is 1150. The Morgan fingerprint density at radius 2 is 1.90 bits per heavy atom. The Kier molecular flexibility index (Phi) is 7.50. The molecule has 0 aromatic rings. The van der Waals surface area contributed by atoms with Gasteiger partial charge < -0.3 is 40.4 Å². The summed E-state index contributed by atoms with van der Waals surface area (Å²) in [4.78, 5) is 23.4. The van der Waals surface area contributed by atoms with Crippen LogP contribution in [0.1, 0.15) is 78.1 Å². The predicted molar refractivity (Wildman–Crippen MR) is 149 cm³/mol. The number of aliphatic hydroxyl groups excluding tert-OH is 2. The molecule has 6 aliphatic rings. The van der Waals surface area contributed by atoms with Crippen LogP contribution in [0.15, 0.2) is 16.8 Å². The Morgan fingerprint density at radius 3 is 2.60 bits per heavy atom. The van der Waals surface area contributed by atoms with Crippen LogP contribution >= 0.6 is 0 Å². The first-order valence-corrected chi connectivity index (χ1v) is 15.4. The molecule has 12 nitrogen and oxygen atoms in total. The lowest BCUT2D eigenvalue weighted by Gasteiger charge is -2.66. The van der Waals surface area contributed by atoms with Crippen molar-refractivity contribution in [2.75, 3.05) is 6.61 Å². The number of primary amides is 1. The fraction of sp³-hybridized carbons (Fsp3) is 0.833. The monoisotopic (exact) mass is 591 g/mol.